The number of ether oxygens (including phenoxy) is 1. The van der Waals surface area contributed by atoms with Crippen LogP contribution in [0.5, 0.6) is 11.5 Å². The molecule has 0 aliphatic heterocycles. The van der Waals surface area contributed by atoms with Crippen molar-refractivity contribution in [2.45, 2.75) is 0 Å². The highest BCUT2D eigenvalue weighted by molar-refractivity contribution is 6.30. The Bertz CT molecular complexity index is 880. The summed E-state index contributed by atoms with van der Waals surface area (Å²) in [5.74, 6) is 0.978. The molecule has 104 valence electrons. The highest BCUT2D eigenvalue weighted by atomic mass is 35.5. The minimum atomic E-state index is -0.661. The molecule has 0 bridgehead atoms. The second kappa shape index (κ2) is 5.07. The lowest BCUT2D eigenvalue weighted by Gasteiger charge is -2.13. The molecule has 0 unspecified atom stereocenters. The van der Waals surface area contributed by atoms with Crippen LogP contribution in [-0.4, -0.2) is 0 Å². The molecule has 21 heavy (non-hydrogen) atoms. The van der Waals surface area contributed by atoms with E-state index in [1.165, 1.54) is 0 Å². The van der Waals surface area contributed by atoms with Crippen molar-refractivity contribution in [1.82, 2.24) is 0 Å². The predicted molar refractivity (Wildman–Crippen MR) is 82.7 cm³/mol. The number of halogens is 1. The average molecular weight is 300 g/mol. The minimum absolute atomic E-state index is 0.0414. The average Bonchev–Trinajstić information content (AvgIpc) is 2.50. The smallest absolute Gasteiger partial charge is 0.249 e. The van der Waals surface area contributed by atoms with Crippen LogP contribution >= 0.6 is 11.6 Å². The Balaban J connectivity index is 2.10. The minimum Gasteiger partial charge on any atom is -0.457 e. The number of hydrogen-bond acceptors (Lipinski definition) is 4. The van der Waals surface area contributed by atoms with Crippen molar-refractivity contribution in [3.63, 3.8) is 0 Å². The van der Waals surface area contributed by atoms with E-state index in [2.05, 4.69) is 0 Å². The Kier molecular flexibility index (Phi) is 3.23. The van der Waals surface area contributed by atoms with Crippen LogP contribution in [0.1, 0.15) is 0 Å². The number of para-hydroxylation sites is 1. The van der Waals surface area contributed by atoms with Crippen LogP contribution < -0.4 is 21.3 Å². The summed E-state index contributed by atoms with van der Waals surface area (Å²) in [6, 6.07) is 13.9. The van der Waals surface area contributed by atoms with Crippen molar-refractivity contribution in [2.24, 2.45) is 0 Å². The van der Waals surface area contributed by atoms with Gasteiger partial charge >= 0.3 is 0 Å². The molecule has 4 nitrogen and oxygen atoms in total. The standard InChI is InChI=1S/C16H10ClNO3/c17-9-6-7-11(13-14(18)16(20)15(13)19)12(8-9)21-10-4-2-1-3-5-10/h1-8H,18H2. The quantitative estimate of drug-likeness (QED) is 0.755. The third kappa shape index (κ3) is 2.30. The van der Waals surface area contributed by atoms with Crippen LogP contribution in [-0.2, 0) is 0 Å². The molecule has 0 fully saturated rings. The normalized spacial score (nSPS) is 10.7. The maximum atomic E-state index is 11.7. The van der Waals surface area contributed by atoms with Gasteiger partial charge in [-0.05, 0) is 24.3 Å². The molecule has 3 aromatic carbocycles. The molecule has 2 N–H and O–H groups in total. The SMILES string of the molecule is Nc1c(-c2ccc(Cl)cc2Oc2ccccc2)c(=O)c1=O. The van der Waals surface area contributed by atoms with E-state index in [0.29, 0.717) is 22.1 Å². The molecule has 0 atom stereocenters. The molecular weight excluding hydrogens is 290 g/mol. The van der Waals surface area contributed by atoms with E-state index >= 15 is 0 Å². The van der Waals surface area contributed by atoms with Gasteiger partial charge < -0.3 is 10.5 Å². The molecule has 0 spiro atoms. The summed E-state index contributed by atoms with van der Waals surface area (Å²) in [6.45, 7) is 0. The van der Waals surface area contributed by atoms with Crippen LogP contribution in [0.4, 0.5) is 5.69 Å². The van der Waals surface area contributed by atoms with Crippen LogP contribution in [0, 0.1) is 0 Å². The summed E-state index contributed by atoms with van der Waals surface area (Å²) in [4.78, 5) is 23.0. The number of benzene rings is 2. The molecule has 5 heteroatoms. The van der Waals surface area contributed by atoms with Gasteiger partial charge in [0.2, 0.25) is 10.9 Å². The Morgan fingerprint density at radius 1 is 0.952 bits per heavy atom. The molecular formula is C16H10ClNO3. The highest BCUT2D eigenvalue weighted by Gasteiger charge is 2.22. The van der Waals surface area contributed by atoms with Crippen molar-refractivity contribution in [3.8, 4) is 22.6 Å². The molecule has 0 aliphatic carbocycles. The highest BCUT2D eigenvalue weighted by Crippen LogP contribution is 2.36. The number of nitrogen functional groups attached to an aromatic ring is 1. The van der Waals surface area contributed by atoms with Gasteiger partial charge in [-0.3, -0.25) is 9.59 Å². The van der Waals surface area contributed by atoms with Gasteiger partial charge in [0.25, 0.3) is 0 Å². The molecule has 0 aliphatic rings. The fourth-order valence-electron chi connectivity index (χ4n) is 2.08. The van der Waals surface area contributed by atoms with Gasteiger partial charge in [-0.2, -0.15) is 0 Å². The van der Waals surface area contributed by atoms with Crippen molar-refractivity contribution in [3.05, 3.63) is 74.0 Å². The maximum Gasteiger partial charge on any atom is 0.249 e. The number of rotatable bonds is 3. The zero-order chi connectivity index (χ0) is 15.0. The topological polar surface area (TPSA) is 69.4 Å². The van der Waals surface area contributed by atoms with E-state index in [1.807, 2.05) is 18.2 Å². The fourth-order valence-corrected chi connectivity index (χ4v) is 2.24. The molecule has 0 saturated carbocycles. The van der Waals surface area contributed by atoms with E-state index in [4.69, 9.17) is 22.1 Å². The Morgan fingerprint density at radius 2 is 1.67 bits per heavy atom. The van der Waals surface area contributed by atoms with E-state index < -0.39 is 10.9 Å². The summed E-state index contributed by atoms with van der Waals surface area (Å²) in [7, 11) is 0. The van der Waals surface area contributed by atoms with E-state index in [-0.39, 0.29) is 11.3 Å². The zero-order valence-corrected chi connectivity index (χ0v) is 11.6. The molecule has 0 saturated heterocycles. The second-order valence-electron chi connectivity index (χ2n) is 4.50. The Hall–Kier alpha value is -2.59. The van der Waals surface area contributed by atoms with Gasteiger partial charge in [-0.15, -0.1) is 0 Å². The number of anilines is 1. The zero-order valence-electron chi connectivity index (χ0n) is 10.8. The first-order valence-electron chi connectivity index (χ1n) is 6.19. The monoisotopic (exact) mass is 299 g/mol. The largest absolute Gasteiger partial charge is 0.457 e. The first kappa shape index (κ1) is 13.4. The van der Waals surface area contributed by atoms with Gasteiger partial charge in [0.1, 0.15) is 11.5 Å². The lowest BCUT2D eigenvalue weighted by atomic mass is 9.98. The summed E-state index contributed by atoms with van der Waals surface area (Å²) < 4.78 is 5.74. The molecule has 0 heterocycles. The molecule has 0 aromatic heterocycles. The summed E-state index contributed by atoms with van der Waals surface area (Å²) >= 11 is 5.97. The molecule has 0 amide bonds. The maximum absolute atomic E-state index is 11.7. The number of hydrogen-bond donors (Lipinski definition) is 1. The molecule has 3 aromatic rings. The van der Waals surface area contributed by atoms with Crippen LogP contribution in [0.3, 0.4) is 0 Å². The van der Waals surface area contributed by atoms with Crippen molar-refractivity contribution in [1.29, 1.82) is 0 Å². The van der Waals surface area contributed by atoms with E-state index in [1.54, 1.807) is 30.3 Å². The third-order valence-electron chi connectivity index (χ3n) is 3.13. The van der Waals surface area contributed by atoms with Crippen LogP contribution in [0.25, 0.3) is 11.1 Å². The van der Waals surface area contributed by atoms with E-state index in [9.17, 15) is 9.59 Å². The van der Waals surface area contributed by atoms with Crippen molar-refractivity contribution >= 4 is 17.3 Å². The summed E-state index contributed by atoms with van der Waals surface area (Å²) in [6.07, 6.45) is 0. The van der Waals surface area contributed by atoms with Crippen LogP contribution in [0.15, 0.2) is 58.1 Å². The van der Waals surface area contributed by atoms with Gasteiger partial charge in [-0.1, -0.05) is 29.8 Å². The first-order chi connectivity index (χ1) is 10.1. The first-order valence-corrected chi connectivity index (χ1v) is 6.57. The summed E-state index contributed by atoms with van der Waals surface area (Å²) in [5, 5.41) is 0.460. The van der Waals surface area contributed by atoms with E-state index in [0.717, 1.165) is 0 Å². The Morgan fingerprint density at radius 3 is 2.33 bits per heavy atom. The second-order valence-corrected chi connectivity index (χ2v) is 4.94. The predicted octanol–water partition coefficient (Wildman–Crippen LogP) is 2.98. The van der Waals surface area contributed by atoms with Gasteiger partial charge in [0.15, 0.2) is 0 Å². The Labute approximate surface area is 125 Å². The lowest BCUT2D eigenvalue weighted by Crippen LogP contribution is -2.35. The fraction of sp³-hybridized carbons (Fsp3) is 0. The van der Waals surface area contributed by atoms with Crippen LogP contribution in [0.2, 0.25) is 5.02 Å². The van der Waals surface area contributed by atoms with Crippen molar-refractivity contribution < 1.29 is 4.74 Å². The van der Waals surface area contributed by atoms with Crippen molar-refractivity contribution in [2.75, 3.05) is 5.73 Å². The molecule has 3 rings (SSSR count). The third-order valence-corrected chi connectivity index (χ3v) is 3.37. The number of nitrogens with two attached hydrogens (primary N) is 1. The van der Waals surface area contributed by atoms with Gasteiger partial charge in [0, 0.05) is 16.7 Å². The molecule has 0 radical (unpaired) electrons. The van der Waals surface area contributed by atoms with Gasteiger partial charge in [0.05, 0.1) is 11.3 Å². The lowest BCUT2D eigenvalue weighted by molar-refractivity contribution is 0.484. The van der Waals surface area contributed by atoms with Gasteiger partial charge in [-0.25, -0.2) is 0 Å². The summed E-state index contributed by atoms with van der Waals surface area (Å²) in [5.41, 5.74) is 4.95.